The molecule has 0 aliphatic carbocycles. The first-order chi connectivity index (χ1) is 17.5. The van der Waals surface area contributed by atoms with Crippen LogP contribution in [0.15, 0.2) is 36.4 Å². The van der Waals surface area contributed by atoms with E-state index in [0.717, 1.165) is 37.3 Å². The van der Waals surface area contributed by atoms with Crippen LogP contribution >= 0.6 is 11.6 Å². The quantitative estimate of drug-likeness (QED) is 0.437. The summed E-state index contributed by atoms with van der Waals surface area (Å²) in [5.41, 5.74) is 1.39. The zero-order chi connectivity index (χ0) is 26.7. The molecule has 2 fully saturated rings. The summed E-state index contributed by atoms with van der Waals surface area (Å²) in [7, 11) is 0. The van der Waals surface area contributed by atoms with Crippen molar-refractivity contribution in [1.29, 1.82) is 0 Å². The average molecular weight is 540 g/mol. The molecular weight excluding hydrogens is 515 g/mol. The summed E-state index contributed by atoms with van der Waals surface area (Å²) in [5, 5.41) is 14.6. The second kappa shape index (κ2) is 10.8. The number of carbonyl (C=O) groups excluding carboxylic acids is 2. The third-order valence-electron chi connectivity index (χ3n) is 6.49. The van der Waals surface area contributed by atoms with Crippen LogP contribution in [0.2, 0.25) is 5.02 Å². The highest BCUT2D eigenvalue weighted by Gasteiger charge is 2.43. The molecule has 1 N–H and O–H groups in total. The van der Waals surface area contributed by atoms with Crippen LogP contribution in [0.1, 0.15) is 29.6 Å². The molecule has 2 saturated heterocycles. The van der Waals surface area contributed by atoms with Crippen molar-refractivity contribution in [3.8, 4) is 0 Å². The van der Waals surface area contributed by atoms with Crippen molar-refractivity contribution in [3.63, 3.8) is 0 Å². The zero-order valence-corrected chi connectivity index (χ0v) is 20.5. The van der Waals surface area contributed by atoms with Crippen LogP contribution in [-0.2, 0) is 4.79 Å². The van der Waals surface area contributed by atoms with Crippen LogP contribution < -0.4 is 15.1 Å². The lowest BCUT2D eigenvalue weighted by Crippen LogP contribution is -2.52. The summed E-state index contributed by atoms with van der Waals surface area (Å²) >= 11 is 6.39. The zero-order valence-electron chi connectivity index (χ0n) is 19.8. The van der Waals surface area contributed by atoms with E-state index in [2.05, 4.69) is 5.32 Å². The molecule has 2 heterocycles. The summed E-state index contributed by atoms with van der Waals surface area (Å²) in [4.78, 5) is 39.9. The van der Waals surface area contributed by atoms with Crippen molar-refractivity contribution in [2.45, 2.75) is 25.4 Å². The molecule has 2 amide bonds. The highest BCUT2D eigenvalue weighted by Crippen LogP contribution is 2.33. The highest BCUT2D eigenvalue weighted by atomic mass is 35.5. The van der Waals surface area contributed by atoms with Crippen LogP contribution in [0.25, 0.3) is 0 Å². The maximum Gasteiger partial charge on any atom is 0.471 e. The number of piperidine rings is 1. The molecule has 0 atom stereocenters. The van der Waals surface area contributed by atoms with Crippen LogP contribution in [0.5, 0.6) is 0 Å². The predicted octanol–water partition coefficient (Wildman–Crippen LogP) is 4.70. The van der Waals surface area contributed by atoms with Gasteiger partial charge in [-0.25, -0.2) is 0 Å². The van der Waals surface area contributed by atoms with Gasteiger partial charge in [-0.1, -0.05) is 11.6 Å². The lowest BCUT2D eigenvalue weighted by molar-refractivity contribution is -0.384. The minimum atomic E-state index is -4.91. The molecule has 2 aliphatic heterocycles. The smallest absolute Gasteiger partial charge is 0.367 e. The second-order valence-corrected chi connectivity index (χ2v) is 9.31. The molecule has 9 nitrogen and oxygen atoms in total. The van der Waals surface area contributed by atoms with Gasteiger partial charge in [0, 0.05) is 56.6 Å². The van der Waals surface area contributed by atoms with Crippen molar-refractivity contribution in [2.24, 2.45) is 0 Å². The number of alkyl halides is 3. The molecule has 37 heavy (non-hydrogen) atoms. The van der Waals surface area contributed by atoms with E-state index in [9.17, 15) is 32.9 Å². The molecule has 0 aromatic heterocycles. The van der Waals surface area contributed by atoms with E-state index in [1.807, 2.05) is 4.90 Å². The van der Waals surface area contributed by atoms with Gasteiger partial charge in [0.25, 0.3) is 11.6 Å². The number of carbonyl (C=O) groups is 2. The number of halogens is 4. The number of nitrogens with one attached hydrogen (secondary N) is 1. The summed E-state index contributed by atoms with van der Waals surface area (Å²) in [6, 6.07) is 9.11. The molecule has 2 aromatic carbocycles. The summed E-state index contributed by atoms with van der Waals surface area (Å²) in [6.07, 6.45) is -1.91. The Bertz CT molecular complexity index is 1200. The number of nitrogens with zero attached hydrogens (tertiary/aromatic N) is 4. The molecule has 0 unspecified atom stereocenters. The van der Waals surface area contributed by atoms with E-state index < -0.39 is 22.9 Å². The average Bonchev–Trinajstić information content (AvgIpc) is 2.88. The normalized spacial score (nSPS) is 16.5. The molecule has 0 spiro atoms. The third-order valence-corrected chi connectivity index (χ3v) is 6.79. The lowest BCUT2D eigenvalue weighted by atomic mass is 10.1. The van der Waals surface area contributed by atoms with Gasteiger partial charge in [-0.3, -0.25) is 19.7 Å². The van der Waals surface area contributed by atoms with Crippen molar-refractivity contribution in [3.05, 3.63) is 57.1 Å². The summed E-state index contributed by atoms with van der Waals surface area (Å²) in [5.74, 6) is -2.41. The molecule has 198 valence electrons. The Morgan fingerprint density at radius 1 is 0.892 bits per heavy atom. The fraction of sp³-hybridized carbons (Fsp3) is 0.417. The largest absolute Gasteiger partial charge is 0.471 e. The second-order valence-electron chi connectivity index (χ2n) is 8.91. The van der Waals surface area contributed by atoms with Gasteiger partial charge in [-0.2, -0.15) is 13.2 Å². The van der Waals surface area contributed by atoms with Crippen molar-refractivity contribution in [2.75, 3.05) is 54.4 Å². The summed E-state index contributed by atoms with van der Waals surface area (Å²) in [6.45, 7) is 1.59. The number of benzene rings is 2. The van der Waals surface area contributed by atoms with E-state index in [-0.39, 0.29) is 42.5 Å². The minimum Gasteiger partial charge on any atom is -0.367 e. The Kier molecular flexibility index (Phi) is 7.76. The van der Waals surface area contributed by atoms with Gasteiger partial charge in [-0.05, 0) is 49.6 Å². The van der Waals surface area contributed by atoms with E-state index in [1.165, 1.54) is 12.1 Å². The standard InChI is InChI=1S/C24H25ClF3N5O4/c25-18-15-17(5-7-19(18)31-10-12-32(13-11-31)23(35)24(26,27)28)29-22(34)16-4-6-20(21(14-16)33(36)37)30-8-2-1-3-9-30/h4-7,14-15H,1-3,8-13H2,(H,29,34). The Labute approximate surface area is 215 Å². The van der Waals surface area contributed by atoms with Crippen molar-refractivity contribution < 1.29 is 27.7 Å². The Balaban J connectivity index is 1.43. The van der Waals surface area contributed by atoms with Gasteiger partial charge in [0.1, 0.15) is 5.69 Å². The Morgan fingerprint density at radius 2 is 1.51 bits per heavy atom. The van der Waals surface area contributed by atoms with E-state index in [4.69, 9.17) is 11.6 Å². The first-order valence-electron chi connectivity index (χ1n) is 11.8. The maximum atomic E-state index is 12.8. The molecular formula is C24H25ClF3N5O4. The van der Waals surface area contributed by atoms with Crippen LogP contribution in [0.4, 0.5) is 35.9 Å². The number of amides is 2. The maximum absolute atomic E-state index is 12.8. The molecule has 4 rings (SSSR count). The predicted molar refractivity (Wildman–Crippen MR) is 133 cm³/mol. The number of hydrogen-bond acceptors (Lipinski definition) is 6. The lowest BCUT2D eigenvalue weighted by Gasteiger charge is -2.36. The van der Waals surface area contributed by atoms with E-state index in [0.29, 0.717) is 17.1 Å². The topological polar surface area (TPSA) is 99.0 Å². The summed E-state index contributed by atoms with van der Waals surface area (Å²) < 4.78 is 38.0. The first kappa shape index (κ1) is 26.5. The number of hydrogen-bond donors (Lipinski definition) is 1. The fourth-order valence-electron chi connectivity index (χ4n) is 4.59. The van der Waals surface area contributed by atoms with Gasteiger partial charge in [0.15, 0.2) is 0 Å². The van der Waals surface area contributed by atoms with Gasteiger partial charge in [0.2, 0.25) is 0 Å². The monoisotopic (exact) mass is 539 g/mol. The molecule has 2 aromatic rings. The number of rotatable bonds is 5. The number of anilines is 3. The minimum absolute atomic E-state index is 0.0979. The number of nitro groups is 1. The Hall–Kier alpha value is -3.54. The molecule has 0 saturated carbocycles. The molecule has 0 bridgehead atoms. The molecule has 13 heteroatoms. The van der Waals surface area contributed by atoms with Crippen molar-refractivity contribution in [1.82, 2.24) is 4.90 Å². The molecule has 0 radical (unpaired) electrons. The number of nitro benzene ring substituents is 1. The van der Waals surface area contributed by atoms with Gasteiger partial charge >= 0.3 is 12.1 Å². The van der Waals surface area contributed by atoms with Crippen LogP contribution in [0, 0.1) is 10.1 Å². The highest BCUT2D eigenvalue weighted by molar-refractivity contribution is 6.33. The third kappa shape index (κ3) is 6.07. The van der Waals surface area contributed by atoms with Gasteiger partial charge < -0.3 is 20.0 Å². The molecule has 2 aliphatic rings. The van der Waals surface area contributed by atoms with E-state index >= 15 is 0 Å². The van der Waals surface area contributed by atoms with Crippen LogP contribution in [-0.4, -0.2) is 67.1 Å². The van der Waals surface area contributed by atoms with Gasteiger partial charge in [0.05, 0.1) is 15.6 Å². The fourth-order valence-corrected chi connectivity index (χ4v) is 4.89. The van der Waals surface area contributed by atoms with Crippen LogP contribution in [0.3, 0.4) is 0 Å². The first-order valence-corrected chi connectivity index (χ1v) is 12.2. The number of piperazine rings is 1. The SMILES string of the molecule is O=C(Nc1ccc(N2CCN(C(=O)C(F)(F)F)CC2)c(Cl)c1)c1ccc(N2CCCCC2)c([N+](=O)[O-])c1. The Morgan fingerprint density at radius 3 is 2.11 bits per heavy atom. The van der Waals surface area contributed by atoms with E-state index in [1.54, 1.807) is 29.2 Å². The van der Waals surface area contributed by atoms with Crippen molar-refractivity contribution >= 4 is 46.2 Å². The van der Waals surface area contributed by atoms with Gasteiger partial charge in [-0.15, -0.1) is 0 Å².